The number of likely N-dealkylation sites (N-methyl/N-ethyl adjacent to an activating group) is 1. The number of hydrogen-bond donors (Lipinski definition) is 0. The van der Waals surface area contributed by atoms with Crippen LogP contribution in [0.4, 0.5) is 5.69 Å². The van der Waals surface area contributed by atoms with Gasteiger partial charge >= 0.3 is 0 Å². The highest BCUT2D eigenvalue weighted by Gasteiger charge is 2.07. The van der Waals surface area contributed by atoms with Crippen molar-refractivity contribution in [2.75, 3.05) is 20.2 Å². The van der Waals surface area contributed by atoms with E-state index in [2.05, 4.69) is 0 Å². The molecule has 0 aliphatic heterocycles. The molecule has 0 aliphatic rings. The molecule has 2 aromatic carbocycles. The van der Waals surface area contributed by atoms with E-state index in [0.29, 0.717) is 29.5 Å². The van der Waals surface area contributed by atoms with Gasteiger partial charge in [0.2, 0.25) is 5.91 Å². The lowest BCUT2D eigenvalue weighted by atomic mass is 10.2. The van der Waals surface area contributed by atoms with Crippen LogP contribution in [-0.4, -0.2) is 35.9 Å². The van der Waals surface area contributed by atoms with Crippen molar-refractivity contribution in [2.24, 2.45) is 0 Å². The van der Waals surface area contributed by atoms with Crippen LogP contribution in [0.5, 0.6) is 5.75 Å². The summed E-state index contributed by atoms with van der Waals surface area (Å²) in [7, 11) is 1.66. The first-order valence-electron chi connectivity index (χ1n) is 7.52. The van der Waals surface area contributed by atoms with Crippen molar-refractivity contribution in [2.45, 2.75) is 0 Å². The van der Waals surface area contributed by atoms with Gasteiger partial charge in [0.05, 0.1) is 11.5 Å². The summed E-state index contributed by atoms with van der Waals surface area (Å²) in [6, 6.07) is 13.1. The zero-order valence-electron chi connectivity index (χ0n) is 13.6. The fraction of sp³-hybridized carbons (Fsp3) is 0.167. The predicted octanol–water partition coefficient (Wildman–Crippen LogP) is 3.80. The van der Waals surface area contributed by atoms with Gasteiger partial charge in [0.25, 0.3) is 5.69 Å². The van der Waals surface area contributed by atoms with E-state index in [0.717, 1.165) is 0 Å². The number of carbonyl (C=O) groups excluding carboxylic acids is 1. The summed E-state index contributed by atoms with van der Waals surface area (Å²) < 4.78 is 5.54. The summed E-state index contributed by atoms with van der Waals surface area (Å²) in [5.74, 6) is 0.462. The fourth-order valence-corrected chi connectivity index (χ4v) is 2.10. The third kappa shape index (κ3) is 5.93. The lowest BCUT2D eigenvalue weighted by molar-refractivity contribution is -0.384. The highest BCUT2D eigenvalue weighted by molar-refractivity contribution is 6.30. The van der Waals surface area contributed by atoms with Crippen molar-refractivity contribution in [3.05, 3.63) is 75.3 Å². The Morgan fingerprint density at radius 3 is 2.68 bits per heavy atom. The Kier molecular flexibility index (Phi) is 6.54. The number of hydrogen-bond acceptors (Lipinski definition) is 4. The number of nitrogens with zero attached hydrogens (tertiary/aromatic N) is 2. The summed E-state index contributed by atoms with van der Waals surface area (Å²) in [6.45, 7) is 0.745. The maximum atomic E-state index is 12.1. The molecule has 0 fully saturated rings. The molecule has 0 spiro atoms. The van der Waals surface area contributed by atoms with Gasteiger partial charge < -0.3 is 9.64 Å². The van der Waals surface area contributed by atoms with Crippen LogP contribution in [0.25, 0.3) is 6.08 Å². The van der Waals surface area contributed by atoms with Crippen LogP contribution in [-0.2, 0) is 4.79 Å². The number of benzene rings is 2. The molecule has 0 heterocycles. The van der Waals surface area contributed by atoms with Crippen molar-refractivity contribution >= 4 is 29.3 Å². The van der Waals surface area contributed by atoms with Gasteiger partial charge in [-0.3, -0.25) is 14.9 Å². The van der Waals surface area contributed by atoms with Crippen molar-refractivity contribution in [1.29, 1.82) is 0 Å². The van der Waals surface area contributed by atoms with Gasteiger partial charge in [-0.25, -0.2) is 0 Å². The van der Waals surface area contributed by atoms with Crippen LogP contribution in [0, 0.1) is 10.1 Å². The Bertz CT molecular complexity index is 775. The Balaban J connectivity index is 1.84. The first-order chi connectivity index (χ1) is 12.0. The van der Waals surface area contributed by atoms with Crippen LogP contribution in [0.3, 0.4) is 0 Å². The zero-order chi connectivity index (χ0) is 18.2. The van der Waals surface area contributed by atoms with Gasteiger partial charge in [-0.15, -0.1) is 0 Å². The average molecular weight is 361 g/mol. The van der Waals surface area contributed by atoms with Crippen LogP contribution in [0.15, 0.2) is 54.6 Å². The standard InChI is InChI=1S/C18H17ClN2O4/c1-20(11-12-25-17-8-6-15(19)7-9-17)18(22)10-5-14-3-2-4-16(13-14)21(23)24/h2-10,13H,11-12H2,1H3. The smallest absolute Gasteiger partial charge is 0.270 e. The fourth-order valence-electron chi connectivity index (χ4n) is 1.98. The third-order valence-electron chi connectivity index (χ3n) is 3.38. The first-order valence-corrected chi connectivity index (χ1v) is 7.89. The van der Waals surface area contributed by atoms with Crippen LogP contribution < -0.4 is 4.74 Å². The molecule has 6 nitrogen and oxygen atoms in total. The monoisotopic (exact) mass is 360 g/mol. The molecule has 0 saturated carbocycles. The van der Waals surface area contributed by atoms with E-state index in [1.165, 1.54) is 23.1 Å². The topological polar surface area (TPSA) is 72.7 Å². The van der Waals surface area contributed by atoms with E-state index in [4.69, 9.17) is 16.3 Å². The molecule has 0 atom stereocenters. The van der Waals surface area contributed by atoms with Gasteiger partial charge in [0.15, 0.2) is 0 Å². The Labute approximate surface area is 150 Å². The zero-order valence-corrected chi connectivity index (χ0v) is 14.3. The average Bonchev–Trinajstić information content (AvgIpc) is 2.61. The number of halogens is 1. The quantitative estimate of drug-likeness (QED) is 0.427. The molecule has 0 aliphatic carbocycles. The van der Waals surface area contributed by atoms with Crippen molar-refractivity contribution in [3.8, 4) is 5.75 Å². The molecular weight excluding hydrogens is 344 g/mol. The molecule has 2 aromatic rings. The van der Waals surface area contributed by atoms with Gasteiger partial charge in [-0.1, -0.05) is 23.7 Å². The number of nitro groups is 1. The van der Waals surface area contributed by atoms with Gasteiger partial charge in [-0.2, -0.15) is 0 Å². The molecule has 0 radical (unpaired) electrons. The maximum Gasteiger partial charge on any atom is 0.270 e. The number of rotatable bonds is 7. The second-order valence-corrected chi connectivity index (χ2v) is 5.68. The van der Waals surface area contributed by atoms with Crippen LogP contribution >= 0.6 is 11.6 Å². The molecule has 0 aromatic heterocycles. The molecule has 2 rings (SSSR count). The first kappa shape index (κ1) is 18.5. The summed E-state index contributed by atoms with van der Waals surface area (Å²) in [5, 5.41) is 11.4. The molecule has 7 heteroatoms. The summed E-state index contributed by atoms with van der Waals surface area (Å²) in [4.78, 5) is 23.8. The molecule has 1 amide bonds. The minimum atomic E-state index is -0.473. The van der Waals surface area contributed by atoms with Crippen LogP contribution in [0.2, 0.25) is 5.02 Å². The summed E-state index contributed by atoms with van der Waals surface area (Å²) >= 11 is 5.80. The third-order valence-corrected chi connectivity index (χ3v) is 3.64. The number of carbonyl (C=O) groups is 1. The summed E-state index contributed by atoms with van der Waals surface area (Å²) in [6.07, 6.45) is 2.92. The van der Waals surface area contributed by atoms with E-state index < -0.39 is 4.92 Å². The number of amides is 1. The van der Waals surface area contributed by atoms with E-state index in [1.807, 2.05) is 0 Å². The lowest BCUT2D eigenvalue weighted by Crippen LogP contribution is -2.29. The molecule has 0 unspecified atom stereocenters. The molecule has 25 heavy (non-hydrogen) atoms. The number of nitro benzene ring substituents is 1. The van der Waals surface area contributed by atoms with Gasteiger partial charge in [0, 0.05) is 30.3 Å². The van der Waals surface area contributed by atoms with Crippen molar-refractivity contribution in [3.63, 3.8) is 0 Å². The van der Waals surface area contributed by atoms with Crippen molar-refractivity contribution < 1.29 is 14.5 Å². The van der Waals surface area contributed by atoms with E-state index in [1.54, 1.807) is 49.5 Å². The van der Waals surface area contributed by atoms with Gasteiger partial charge in [-0.05, 0) is 35.9 Å². The van der Waals surface area contributed by atoms with Crippen LogP contribution in [0.1, 0.15) is 5.56 Å². The van der Waals surface area contributed by atoms with Crippen molar-refractivity contribution in [1.82, 2.24) is 4.90 Å². The Morgan fingerprint density at radius 1 is 1.28 bits per heavy atom. The minimum Gasteiger partial charge on any atom is -0.492 e. The summed E-state index contributed by atoms with van der Waals surface area (Å²) in [5.41, 5.74) is 0.577. The lowest BCUT2D eigenvalue weighted by Gasteiger charge is -2.15. The Hall–Kier alpha value is -2.86. The van der Waals surface area contributed by atoms with E-state index >= 15 is 0 Å². The second kappa shape index (κ2) is 8.84. The minimum absolute atomic E-state index is 0.0145. The highest BCUT2D eigenvalue weighted by Crippen LogP contribution is 2.16. The second-order valence-electron chi connectivity index (χ2n) is 5.25. The number of ether oxygens (including phenoxy) is 1. The van der Waals surface area contributed by atoms with Gasteiger partial charge in [0.1, 0.15) is 12.4 Å². The maximum absolute atomic E-state index is 12.1. The predicted molar refractivity (Wildman–Crippen MR) is 96.7 cm³/mol. The van der Waals surface area contributed by atoms with E-state index in [-0.39, 0.29) is 11.6 Å². The number of non-ortho nitro benzene ring substituents is 1. The normalized spacial score (nSPS) is 10.6. The highest BCUT2D eigenvalue weighted by atomic mass is 35.5. The molecular formula is C18H17ClN2O4. The Morgan fingerprint density at radius 2 is 2.00 bits per heavy atom. The molecule has 0 bridgehead atoms. The molecule has 0 saturated heterocycles. The molecule has 130 valence electrons. The largest absolute Gasteiger partial charge is 0.492 e. The molecule has 0 N–H and O–H groups in total. The SMILES string of the molecule is CN(CCOc1ccc(Cl)cc1)C(=O)C=Cc1cccc([N+](=O)[O-])c1. The van der Waals surface area contributed by atoms with E-state index in [9.17, 15) is 14.9 Å².